The summed E-state index contributed by atoms with van der Waals surface area (Å²) in [6, 6.07) is 2.89. The highest BCUT2D eigenvalue weighted by Crippen LogP contribution is 2.22. The first-order chi connectivity index (χ1) is 6.06. The third kappa shape index (κ3) is 1.97. The summed E-state index contributed by atoms with van der Waals surface area (Å²) in [5.74, 6) is -1.21. The molecular formula is C7H2BrClN2O2. The summed E-state index contributed by atoms with van der Waals surface area (Å²) in [5.41, 5.74) is -0.362. The molecule has 0 unspecified atom stereocenters. The third-order valence-corrected chi connectivity index (χ3v) is 2.39. The lowest BCUT2D eigenvalue weighted by Crippen LogP contribution is -2.02. The van der Waals surface area contributed by atoms with E-state index in [9.17, 15) is 4.79 Å². The number of aromatic nitrogens is 1. The predicted octanol–water partition coefficient (Wildman–Crippen LogP) is 2.07. The normalized spacial score (nSPS) is 9.31. The van der Waals surface area contributed by atoms with Gasteiger partial charge in [-0.2, -0.15) is 5.26 Å². The van der Waals surface area contributed by atoms with Crippen LogP contribution in [-0.4, -0.2) is 16.1 Å². The van der Waals surface area contributed by atoms with Gasteiger partial charge in [-0.3, -0.25) is 0 Å². The Balaban J connectivity index is 3.44. The van der Waals surface area contributed by atoms with Gasteiger partial charge in [-0.15, -0.1) is 0 Å². The molecule has 0 radical (unpaired) electrons. The van der Waals surface area contributed by atoms with E-state index in [4.69, 9.17) is 22.0 Å². The number of carboxylic acids is 1. The van der Waals surface area contributed by atoms with Crippen LogP contribution in [0.2, 0.25) is 5.15 Å². The molecule has 0 aliphatic carbocycles. The van der Waals surface area contributed by atoms with Gasteiger partial charge < -0.3 is 5.11 Å². The summed E-state index contributed by atoms with van der Waals surface area (Å²) in [6.07, 6.45) is 0. The summed E-state index contributed by atoms with van der Waals surface area (Å²) < 4.78 is 0.352. The molecule has 0 atom stereocenters. The SMILES string of the molecule is N#Cc1nc(Cl)c(Br)cc1C(=O)O. The minimum absolute atomic E-state index is 0.0709. The smallest absolute Gasteiger partial charge is 0.338 e. The Hall–Kier alpha value is -1.12. The number of rotatable bonds is 1. The van der Waals surface area contributed by atoms with Gasteiger partial charge in [-0.25, -0.2) is 9.78 Å². The molecule has 0 spiro atoms. The van der Waals surface area contributed by atoms with Crippen molar-refractivity contribution < 1.29 is 9.90 Å². The third-order valence-electron chi connectivity index (χ3n) is 1.27. The number of halogens is 2. The first kappa shape index (κ1) is 9.96. The maximum Gasteiger partial charge on any atom is 0.338 e. The zero-order valence-corrected chi connectivity index (χ0v) is 8.43. The van der Waals surface area contributed by atoms with Crippen LogP contribution in [0.25, 0.3) is 0 Å². The summed E-state index contributed by atoms with van der Waals surface area (Å²) in [6.45, 7) is 0. The van der Waals surface area contributed by atoms with Crippen molar-refractivity contribution in [1.82, 2.24) is 4.98 Å². The summed E-state index contributed by atoms with van der Waals surface area (Å²) in [5, 5.41) is 17.3. The molecule has 0 saturated carbocycles. The Morgan fingerprint density at radius 1 is 1.77 bits per heavy atom. The van der Waals surface area contributed by atoms with Gasteiger partial charge >= 0.3 is 5.97 Å². The van der Waals surface area contributed by atoms with Crippen LogP contribution < -0.4 is 0 Å². The number of hydrogen-bond acceptors (Lipinski definition) is 3. The van der Waals surface area contributed by atoms with E-state index in [1.807, 2.05) is 0 Å². The number of carbonyl (C=O) groups is 1. The van der Waals surface area contributed by atoms with Crippen LogP contribution in [0.5, 0.6) is 0 Å². The molecule has 4 nitrogen and oxygen atoms in total. The minimum atomic E-state index is -1.21. The molecule has 0 bridgehead atoms. The Morgan fingerprint density at radius 3 is 2.85 bits per heavy atom. The molecule has 0 aliphatic heterocycles. The fraction of sp³-hybridized carbons (Fsp3) is 0. The van der Waals surface area contributed by atoms with E-state index in [0.29, 0.717) is 4.47 Å². The fourth-order valence-electron chi connectivity index (χ4n) is 0.715. The quantitative estimate of drug-likeness (QED) is 0.785. The number of nitriles is 1. The van der Waals surface area contributed by atoms with Gasteiger partial charge in [0, 0.05) is 0 Å². The highest BCUT2D eigenvalue weighted by molar-refractivity contribution is 9.10. The number of carboxylic acid groups (broad SMARTS) is 1. The molecule has 1 heterocycles. The van der Waals surface area contributed by atoms with E-state index < -0.39 is 5.97 Å². The molecule has 1 aromatic heterocycles. The van der Waals surface area contributed by atoms with Crippen molar-refractivity contribution in [2.24, 2.45) is 0 Å². The second-order valence-electron chi connectivity index (χ2n) is 2.07. The first-order valence-corrected chi connectivity index (χ1v) is 4.22. The van der Waals surface area contributed by atoms with Crippen molar-refractivity contribution in [3.63, 3.8) is 0 Å². The van der Waals surface area contributed by atoms with E-state index in [2.05, 4.69) is 20.9 Å². The fourth-order valence-corrected chi connectivity index (χ4v) is 1.17. The first-order valence-electron chi connectivity index (χ1n) is 3.05. The van der Waals surface area contributed by atoms with E-state index in [-0.39, 0.29) is 16.4 Å². The van der Waals surface area contributed by atoms with Crippen LogP contribution in [0.3, 0.4) is 0 Å². The lowest BCUT2D eigenvalue weighted by molar-refractivity contribution is 0.0696. The van der Waals surface area contributed by atoms with Crippen LogP contribution in [0, 0.1) is 11.3 Å². The van der Waals surface area contributed by atoms with Gasteiger partial charge in [-0.1, -0.05) is 11.6 Å². The lowest BCUT2D eigenvalue weighted by atomic mass is 10.2. The molecule has 0 amide bonds. The van der Waals surface area contributed by atoms with Crippen LogP contribution >= 0.6 is 27.5 Å². The Kier molecular flexibility index (Phi) is 2.86. The monoisotopic (exact) mass is 260 g/mol. The maximum absolute atomic E-state index is 10.6. The van der Waals surface area contributed by atoms with E-state index >= 15 is 0 Å². The van der Waals surface area contributed by atoms with Gasteiger partial charge in [-0.05, 0) is 22.0 Å². The van der Waals surface area contributed by atoms with Crippen LogP contribution in [-0.2, 0) is 0 Å². The van der Waals surface area contributed by atoms with Gasteiger partial charge in [0.25, 0.3) is 0 Å². The Labute approximate surface area is 86.9 Å². The second-order valence-corrected chi connectivity index (χ2v) is 3.29. The van der Waals surface area contributed by atoms with E-state index in [1.54, 1.807) is 6.07 Å². The molecule has 0 aromatic carbocycles. The van der Waals surface area contributed by atoms with Crippen LogP contribution in [0.15, 0.2) is 10.5 Å². The van der Waals surface area contributed by atoms with Gasteiger partial charge in [0.05, 0.1) is 10.0 Å². The molecule has 66 valence electrons. The molecule has 0 saturated heterocycles. The zero-order valence-electron chi connectivity index (χ0n) is 6.08. The number of hydrogen-bond donors (Lipinski definition) is 1. The molecule has 6 heteroatoms. The largest absolute Gasteiger partial charge is 0.478 e. The average molecular weight is 261 g/mol. The van der Waals surface area contributed by atoms with Gasteiger partial charge in [0.2, 0.25) is 0 Å². The molecule has 1 aromatic rings. The van der Waals surface area contributed by atoms with Crippen molar-refractivity contribution in [2.75, 3.05) is 0 Å². The number of nitrogens with zero attached hydrogens (tertiary/aromatic N) is 2. The predicted molar refractivity (Wildman–Crippen MR) is 48.6 cm³/mol. The minimum Gasteiger partial charge on any atom is -0.478 e. The van der Waals surface area contributed by atoms with Crippen molar-refractivity contribution in [3.05, 3.63) is 26.9 Å². The van der Waals surface area contributed by atoms with Gasteiger partial charge in [0.1, 0.15) is 11.2 Å². The molecule has 13 heavy (non-hydrogen) atoms. The molecular weight excluding hydrogens is 259 g/mol. The lowest BCUT2D eigenvalue weighted by Gasteiger charge is -1.99. The second kappa shape index (κ2) is 3.73. The van der Waals surface area contributed by atoms with Crippen molar-refractivity contribution in [3.8, 4) is 6.07 Å². The van der Waals surface area contributed by atoms with Gasteiger partial charge in [0.15, 0.2) is 5.69 Å². The maximum atomic E-state index is 10.6. The molecule has 1 N–H and O–H groups in total. The Morgan fingerprint density at radius 2 is 2.38 bits per heavy atom. The summed E-state index contributed by atoms with van der Waals surface area (Å²) in [4.78, 5) is 14.2. The highest BCUT2D eigenvalue weighted by atomic mass is 79.9. The number of pyridine rings is 1. The Bertz CT molecular complexity index is 414. The van der Waals surface area contributed by atoms with E-state index in [1.165, 1.54) is 6.07 Å². The highest BCUT2D eigenvalue weighted by Gasteiger charge is 2.14. The molecule has 0 aliphatic rings. The van der Waals surface area contributed by atoms with E-state index in [0.717, 1.165) is 0 Å². The zero-order chi connectivity index (χ0) is 10.0. The topological polar surface area (TPSA) is 74.0 Å². The molecule has 1 rings (SSSR count). The summed E-state index contributed by atoms with van der Waals surface area (Å²) >= 11 is 8.58. The van der Waals surface area contributed by atoms with Crippen molar-refractivity contribution in [1.29, 1.82) is 5.26 Å². The summed E-state index contributed by atoms with van der Waals surface area (Å²) in [7, 11) is 0. The van der Waals surface area contributed by atoms with Crippen molar-refractivity contribution in [2.45, 2.75) is 0 Å². The van der Waals surface area contributed by atoms with Crippen LogP contribution in [0.1, 0.15) is 16.1 Å². The van der Waals surface area contributed by atoms with Crippen molar-refractivity contribution >= 4 is 33.5 Å². The number of aromatic carboxylic acids is 1. The standard InChI is InChI=1S/C7H2BrClN2O2/c8-4-1-3(7(12)13)5(2-10)11-6(4)9/h1H,(H,12,13). The van der Waals surface area contributed by atoms with Crippen LogP contribution in [0.4, 0.5) is 0 Å². The average Bonchev–Trinajstić information content (AvgIpc) is 2.08. The molecule has 0 fully saturated rings.